The van der Waals surface area contributed by atoms with Gasteiger partial charge in [0.2, 0.25) is 5.60 Å². The minimum Gasteiger partial charge on any atom is -0.467 e. The van der Waals surface area contributed by atoms with Crippen LogP contribution in [0.4, 0.5) is 5.13 Å². The van der Waals surface area contributed by atoms with Gasteiger partial charge in [0.1, 0.15) is 17.3 Å². The maximum atomic E-state index is 13.0. The number of nitrogen functional groups attached to an aromatic ring is 1. The summed E-state index contributed by atoms with van der Waals surface area (Å²) in [6.07, 6.45) is 0. The average Bonchev–Trinajstić information content (AvgIpc) is 3.12. The molecule has 35 heavy (non-hydrogen) atoms. The highest BCUT2D eigenvalue weighted by Crippen LogP contribution is 2.25. The highest BCUT2D eigenvalue weighted by molar-refractivity contribution is 7.84. The van der Waals surface area contributed by atoms with Crippen LogP contribution in [0.15, 0.2) is 10.5 Å². The topological polar surface area (TPSA) is 217 Å². The first-order chi connectivity index (χ1) is 15.9. The van der Waals surface area contributed by atoms with Crippen molar-refractivity contribution >= 4 is 56.2 Å². The van der Waals surface area contributed by atoms with Crippen LogP contribution >= 0.6 is 11.3 Å². The Kier molecular flexibility index (Phi) is 7.78. The summed E-state index contributed by atoms with van der Waals surface area (Å²) in [5.74, 6) is -4.44. The minimum absolute atomic E-state index is 0.0524. The molecule has 0 saturated carbocycles. The van der Waals surface area contributed by atoms with E-state index in [0.29, 0.717) is 0 Å². The van der Waals surface area contributed by atoms with Crippen molar-refractivity contribution in [2.75, 3.05) is 12.8 Å². The van der Waals surface area contributed by atoms with E-state index >= 15 is 0 Å². The number of esters is 2. The van der Waals surface area contributed by atoms with Crippen LogP contribution in [0.3, 0.4) is 0 Å². The summed E-state index contributed by atoms with van der Waals surface area (Å²) < 4.78 is 41.7. The van der Waals surface area contributed by atoms with Gasteiger partial charge >= 0.3 is 22.2 Å². The first-order valence-corrected chi connectivity index (χ1v) is 12.1. The molecular weight excluding hydrogens is 510 g/mol. The quantitative estimate of drug-likeness (QED) is 0.123. The molecule has 0 aromatic carbocycles. The van der Waals surface area contributed by atoms with Crippen LogP contribution in [0, 0.1) is 0 Å². The van der Waals surface area contributed by atoms with Gasteiger partial charge in [-0.15, -0.1) is 11.3 Å². The third-order valence-corrected chi connectivity index (χ3v) is 5.84. The molecule has 0 radical (unpaired) electrons. The summed E-state index contributed by atoms with van der Waals surface area (Å²) >= 11 is 0.947. The maximum absolute atomic E-state index is 13.0. The number of ether oxygens (including phenoxy) is 2. The number of oxime groups is 1. The molecule has 2 rings (SSSR count). The van der Waals surface area contributed by atoms with Crippen molar-refractivity contribution in [1.82, 2.24) is 14.6 Å². The van der Waals surface area contributed by atoms with E-state index in [2.05, 4.69) is 20.2 Å². The molecule has 0 bridgehead atoms. The van der Waals surface area contributed by atoms with Gasteiger partial charge in [-0.05, 0) is 34.6 Å². The van der Waals surface area contributed by atoms with E-state index in [1.807, 2.05) is 0 Å². The number of methoxy groups -OCH3 is 1. The number of carbonyl (C=O) groups excluding carboxylic acids is 4. The highest BCUT2D eigenvalue weighted by atomic mass is 32.2. The number of nitrogens with one attached hydrogen (secondary N) is 1. The predicted molar refractivity (Wildman–Crippen MR) is 120 cm³/mol. The van der Waals surface area contributed by atoms with Gasteiger partial charge < -0.3 is 25.4 Å². The first-order valence-electron chi connectivity index (χ1n) is 9.79. The number of β-lactam (4-membered cyclic amide) rings is 1. The van der Waals surface area contributed by atoms with Crippen molar-refractivity contribution in [3.05, 3.63) is 11.1 Å². The predicted octanol–water partition coefficient (Wildman–Crippen LogP) is -0.762. The fourth-order valence-corrected chi connectivity index (χ4v) is 4.00. The van der Waals surface area contributed by atoms with Crippen LogP contribution < -0.4 is 11.1 Å². The van der Waals surface area contributed by atoms with Crippen molar-refractivity contribution in [3.63, 3.8) is 0 Å². The van der Waals surface area contributed by atoms with Crippen LogP contribution in [0.25, 0.3) is 0 Å². The third-order valence-electron chi connectivity index (χ3n) is 4.26. The Hall–Kier alpha value is -3.31. The SMILES string of the molecule is COC(=O)C1C(NC(=O)/C(=N\OC(C)(C)C(=O)OC(C)(C)C)c2csc(N)n2)C(=O)N1S(=O)(=O)O. The Morgan fingerprint density at radius 3 is 2.31 bits per heavy atom. The Morgan fingerprint density at radius 2 is 1.86 bits per heavy atom. The molecule has 2 atom stereocenters. The second kappa shape index (κ2) is 9.74. The summed E-state index contributed by atoms with van der Waals surface area (Å²) in [5, 5.41) is 7.23. The summed E-state index contributed by atoms with van der Waals surface area (Å²) in [4.78, 5) is 58.9. The molecule has 15 nitrogen and oxygen atoms in total. The lowest BCUT2D eigenvalue weighted by Crippen LogP contribution is -2.74. The lowest BCUT2D eigenvalue weighted by atomic mass is 9.98. The van der Waals surface area contributed by atoms with Crippen LogP contribution in [0.2, 0.25) is 0 Å². The largest absolute Gasteiger partial charge is 0.467 e. The second-order valence-electron chi connectivity index (χ2n) is 8.65. The molecule has 2 heterocycles. The lowest BCUT2D eigenvalue weighted by Gasteiger charge is -2.41. The molecule has 2 unspecified atom stereocenters. The van der Waals surface area contributed by atoms with E-state index in [9.17, 15) is 32.1 Å². The van der Waals surface area contributed by atoms with Crippen LogP contribution in [-0.2, 0) is 43.8 Å². The Labute approximate surface area is 204 Å². The third kappa shape index (κ3) is 6.43. The summed E-state index contributed by atoms with van der Waals surface area (Å²) in [6.45, 7) is 7.60. The van der Waals surface area contributed by atoms with E-state index in [1.54, 1.807) is 20.8 Å². The zero-order valence-electron chi connectivity index (χ0n) is 19.6. The number of amides is 2. The Morgan fingerprint density at radius 1 is 1.26 bits per heavy atom. The number of aromatic nitrogens is 1. The van der Waals surface area contributed by atoms with Crippen molar-refractivity contribution in [2.24, 2.45) is 5.16 Å². The molecule has 1 aliphatic heterocycles. The summed E-state index contributed by atoms with van der Waals surface area (Å²) in [5.41, 5.74) is 2.47. The first kappa shape index (κ1) is 27.9. The fraction of sp³-hybridized carbons (Fsp3) is 0.556. The zero-order chi connectivity index (χ0) is 26.9. The highest BCUT2D eigenvalue weighted by Gasteiger charge is 2.58. The van der Waals surface area contributed by atoms with E-state index in [0.717, 1.165) is 18.4 Å². The van der Waals surface area contributed by atoms with Gasteiger partial charge in [0.05, 0.1) is 7.11 Å². The van der Waals surface area contributed by atoms with E-state index in [4.69, 9.17) is 15.3 Å². The number of nitrogens with zero attached hydrogens (tertiary/aromatic N) is 3. The van der Waals surface area contributed by atoms with Crippen LogP contribution in [0.1, 0.15) is 40.3 Å². The number of hydrogen-bond acceptors (Lipinski definition) is 13. The van der Waals surface area contributed by atoms with Gasteiger partial charge in [0, 0.05) is 5.38 Å². The minimum atomic E-state index is -5.11. The van der Waals surface area contributed by atoms with Gasteiger partial charge in [-0.25, -0.2) is 14.6 Å². The number of hydrogen-bond donors (Lipinski definition) is 3. The molecule has 194 valence electrons. The summed E-state index contributed by atoms with van der Waals surface area (Å²) in [6, 6.07) is -3.59. The van der Waals surface area contributed by atoms with Crippen molar-refractivity contribution in [1.29, 1.82) is 0 Å². The molecule has 17 heteroatoms. The number of anilines is 1. The molecule has 2 amide bonds. The van der Waals surface area contributed by atoms with Gasteiger partial charge in [0.25, 0.3) is 11.8 Å². The van der Waals surface area contributed by atoms with Crippen LogP contribution in [0.5, 0.6) is 0 Å². The monoisotopic (exact) mass is 535 g/mol. The normalized spacial score (nSPS) is 19.0. The van der Waals surface area contributed by atoms with E-state index in [1.165, 1.54) is 19.2 Å². The second-order valence-corrected chi connectivity index (χ2v) is 10.8. The molecule has 0 spiro atoms. The standard InChI is InChI=1S/C18H25N5O10S2/c1-17(2,3)32-15(27)18(4,5)33-22-9(8-7-34-16(19)20-8)12(24)21-10-11(14(26)31-6)23(13(10)25)35(28,29)30/h7,10-11H,1-6H3,(H2,19,20)(H,21,24)(H,28,29,30)/b22-9-. The summed E-state index contributed by atoms with van der Waals surface area (Å²) in [7, 11) is -4.19. The molecular formula is C18H25N5O10S2. The van der Waals surface area contributed by atoms with E-state index in [-0.39, 0.29) is 15.1 Å². The lowest BCUT2D eigenvalue weighted by molar-refractivity contribution is -0.179. The van der Waals surface area contributed by atoms with Crippen LogP contribution in [-0.4, -0.2) is 82.1 Å². The smallest absolute Gasteiger partial charge is 0.363 e. The number of rotatable bonds is 8. The average molecular weight is 536 g/mol. The fourth-order valence-electron chi connectivity index (χ4n) is 2.62. The Bertz CT molecular complexity index is 1170. The van der Waals surface area contributed by atoms with Gasteiger partial charge in [-0.2, -0.15) is 12.7 Å². The Balaban J connectivity index is 2.35. The van der Waals surface area contributed by atoms with Gasteiger partial charge in [0.15, 0.2) is 16.9 Å². The molecule has 1 fully saturated rings. The van der Waals surface area contributed by atoms with Gasteiger partial charge in [-0.3, -0.25) is 14.1 Å². The molecule has 1 aromatic rings. The molecule has 4 N–H and O–H groups in total. The van der Waals surface area contributed by atoms with Crippen molar-refractivity contribution in [3.8, 4) is 0 Å². The maximum Gasteiger partial charge on any atom is 0.363 e. The number of nitrogens with two attached hydrogens (primary N) is 1. The zero-order valence-corrected chi connectivity index (χ0v) is 21.2. The van der Waals surface area contributed by atoms with Crippen molar-refractivity contribution < 1.29 is 46.5 Å². The molecule has 1 aromatic heterocycles. The van der Waals surface area contributed by atoms with Crippen molar-refractivity contribution in [2.45, 2.75) is 57.9 Å². The number of carbonyl (C=O) groups is 4. The molecule has 0 aliphatic carbocycles. The molecule has 1 saturated heterocycles. The van der Waals surface area contributed by atoms with E-state index < -0.39 is 63.1 Å². The van der Waals surface area contributed by atoms with Gasteiger partial charge in [-0.1, -0.05) is 5.16 Å². The number of thiazole rings is 1. The molecule has 1 aliphatic rings.